The summed E-state index contributed by atoms with van der Waals surface area (Å²) in [7, 11) is -3.48. The van der Waals surface area contributed by atoms with Crippen LogP contribution in [0.4, 0.5) is 0 Å². The van der Waals surface area contributed by atoms with Gasteiger partial charge in [-0.3, -0.25) is 0 Å². The molecule has 3 aromatic carbocycles. The van der Waals surface area contributed by atoms with Crippen LogP contribution in [0.1, 0.15) is 0 Å². The predicted octanol–water partition coefficient (Wildman–Crippen LogP) is 4.95. The summed E-state index contributed by atoms with van der Waals surface area (Å²) in [6, 6.07) is 23.5. The SMILES string of the molecule is O=S(=O)(c1ccc(Br)cc1)c1ccc(-c2ccccc2)cc1. The molecule has 22 heavy (non-hydrogen) atoms. The minimum absolute atomic E-state index is 0.295. The van der Waals surface area contributed by atoms with E-state index in [0.29, 0.717) is 9.79 Å². The quantitative estimate of drug-likeness (QED) is 0.651. The third-order valence-electron chi connectivity index (χ3n) is 3.40. The van der Waals surface area contributed by atoms with E-state index in [1.165, 1.54) is 0 Å². The fraction of sp³-hybridized carbons (Fsp3) is 0. The molecule has 0 aromatic heterocycles. The van der Waals surface area contributed by atoms with Crippen molar-refractivity contribution in [1.29, 1.82) is 0 Å². The predicted molar refractivity (Wildman–Crippen MR) is 91.5 cm³/mol. The van der Waals surface area contributed by atoms with Gasteiger partial charge in [-0.25, -0.2) is 8.42 Å². The van der Waals surface area contributed by atoms with Gasteiger partial charge in [-0.1, -0.05) is 58.4 Å². The summed E-state index contributed by atoms with van der Waals surface area (Å²) in [5, 5.41) is 0. The van der Waals surface area contributed by atoms with Gasteiger partial charge in [-0.05, 0) is 47.5 Å². The van der Waals surface area contributed by atoms with E-state index in [9.17, 15) is 8.42 Å². The monoisotopic (exact) mass is 372 g/mol. The molecule has 2 nitrogen and oxygen atoms in total. The minimum atomic E-state index is -3.48. The Morgan fingerprint density at radius 1 is 0.591 bits per heavy atom. The summed E-state index contributed by atoms with van der Waals surface area (Å²) in [6.45, 7) is 0. The van der Waals surface area contributed by atoms with Crippen LogP contribution in [0, 0.1) is 0 Å². The number of hydrogen-bond donors (Lipinski definition) is 0. The lowest BCUT2D eigenvalue weighted by Gasteiger charge is -2.06. The molecule has 110 valence electrons. The lowest BCUT2D eigenvalue weighted by Crippen LogP contribution is -2.01. The average Bonchev–Trinajstić information content (AvgIpc) is 2.56. The summed E-state index contributed by atoms with van der Waals surface area (Å²) in [6.07, 6.45) is 0. The van der Waals surface area contributed by atoms with E-state index in [0.717, 1.165) is 15.6 Å². The van der Waals surface area contributed by atoms with Crippen molar-refractivity contribution in [2.24, 2.45) is 0 Å². The zero-order valence-electron chi connectivity index (χ0n) is 11.6. The maximum absolute atomic E-state index is 12.6. The van der Waals surface area contributed by atoms with Crippen molar-refractivity contribution in [3.8, 4) is 11.1 Å². The fourth-order valence-electron chi connectivity index (χ4n) is 2.21. The first-order valence-corrected chi connectivity index (χ1v) is 9.01. The molecule has 0 radical (unpaired) electrons. The molecule has 0 fully saturated rings. The van der Waals surface area contributed by atoms with E-state index in [1.807, 2.05) is 42.5 Å². The van der Waals surface area contributed by atoms with Crippen LogP contribution in [0.2, 0.25) is 0 Å². The molecular formula is C18H13BrO2S. The molecule has 0 heterocycles. The smallest absolute Gasteiger partial charge is 0.206 e. The zero-order chi connectivity index (χ0) is 15.6. The molecule has 0 aliphatic carbocycles. The van der Waals surface area contributed by atoms with Gasteiger partial charge in [-0.2, -0.15) is 0 Å². The summed E-state index contributed by atoms with van der Waals surface area (Å²) < 4.78 is 26.0. The van der Waals surface area contributed by atoms with Crippen LogP contribution in [-0.2, 0) is 9.84 Å². The molecule has 0 atom stereocenters. The largest absolute Gasteiger partial charge is 0.219 e. The maximum atomic E-state index is 12.6. The molecule has 0 unspecified atom stereocenters. The average molecular weight is 373 g/mol. The van der Waals surface area contributed by atoms with Gasteiger partial charge in [0.05, 0.1) is 9.79 Å². The highest BCUT2D eigenvalue weighted by atomic mass is 79.9. The Morgan fingerprint density at radius 2 is 1.05 bits per heavy atom. The molecular weight excluding hydrogens is 360 g/mol. The highest BCUT2D eigenvalue weighted by Crippen LogP contribution is 2.25. The fourth-order valence-corrected chi connectivity index (χ4v) is 3.73. The number of sulfone groups is 1. The molecule has 0 aliphatic rings. The van der Waals surface area contributed by atoms with Gasteiger partial charge in [0, 0.05) is 4.47 Å². The molecule has 0 saturated heterocycles. The Balaban J connectivity index is 1.97. The van der Waals surface area contributed by atoms with Gasteiger partial charge in [0.25, 0.3) is 0 Å². The molecule has 0 bridgehead atoms. The van der Waals surface area contributed by atoms with E-state index in [2.05, 4.69) is 15.9 Å². The Hall–Kier alpha value is -1.91. The first kappa shape index (κ1) is 15.0. The summed E-state index contributed by atoms with van der Waals surface area (Å²) in [5.74, 6) is 0. The Bertz CT molecular complexity index is 869. The van der Waals surface area contributed by atoms with Crippen molar-refractivity contribution in [2.75, 3.05) is 0 Å². The van der Waals surface area contributed by atoms with Crippen LogP contribution < -0.4 is 0 Å². The number of benzene rings is 3. The lowest BCUT2D eigenvalue weighted by molar-refractivity contribution is 0.596. The molecule has 0 saturated carbocycles. The summed E-state index contributed by atoms with van der Waals surface area (Å²) >= 11 is 3.31. The van der Waals surface area contributed by atoms with Crippen molar-refractivity contribution < 1.29 is 8.42 Å². The first-order chi connectivity index (χ1) is 10.6. The van der Waals surface area contributed by atoms with Gasteiger partial charge in [0.1, 0.15) is 0 Å². The number of rotatable bonds is 3. The van der Waals surface area contributed by atoms with Crippen LogP contribution in [0.3, 0.4) is 0 Å². The second-order valence-electron chi connectivity index (χ2n) is 4.85. The number of halogens is 1. The topological polar surface area (TPSA) is 34.1 Å². The lowest BCUT2D eigenvalue weighted by atomic mass is 10.1. The summed E-state index contributed by atoms with van der Waals surface area (Å²) in [5.41, 5.74) is 2.06. The van der Waals surface area contributed by atoms with E-state index < -0.39 is 9.84 Å². The molecule has 0 aliphatic heterocycles. The standard InChI is InChI=1S/C18H13BrO2S/c19-16-8-12-18(13-9-16)22(20,21)17-10-6-15(7-11-17)14-4-2-1-3-5-14/h1-13H. The third-order valence-corrected chi connectivity index (χ3v) is 5.71. The Morgan fingerprint density at radius 3 is 1.59 bits per heavy atom. The van der Waals surface area contributed by atoms with Gasteiger partial charge >= 0.3 is 0 Å². The van der Waals surface area contributed by atoms with Crippen molar-refractivity contribution in [1.82, 2.24) is 0 Å². The highest BCUT2D eigenvalue weighted by Gasteiger charge is 2.17. The molecule has 0 spiro atoms. The second-order valence-corrected chi connectivity index (χ2v) is 7.71. The third kappa shape index (κ3) is 2.98. The van der Waals surface area contributed by atoms with Crippen molar-refractivity contribution in [2.45, 2.75) is 9.79 Å². The summed E-state index contributed by atoms with van der Waals surface area (Å²) in [4.78, 5) is 0.595. The normalized spacial score (nSPS) is 11.3. The molecule has 0 amide bonds. The van der Waals surface area contributed by atoms with Crippen molar-refractivity contribution >= 4 is 25.8 Å². The van der Waals surface area contributed by atoms with Gasteiger partial charge in [-0.15, -0.1) is 0 Å². The zero-order valence-corrected chi connectivity index (χ0v) is 14.0. The van der Waals surface area contributed by atoms with E-state index in [4.69, 9.17) is 0 Å². The van der Waals surface area contributed by atoms with Gasteiger partial charge < -0.3 is 0 Å². The van der Waals surface area contributed by atoms with Crippen LogP contribution in [-0.4, -0.2) is 8.42 Å². The van der Waals surface area contributed by atoms with Gasteiger partial charge in [0.15, 0.2) is 0 Å². The van der Waals surface area contributed by atoms with Crippen molar-refractivity contribution in [3.63, 3.8) is 0 Å². The van der Waals surface area contributed by atoms with Crippen LogP contribution >= 0.6 is 15.9 Å². The van der Waals surface area contributed by atoms with Crippen LogP contribution in [0.5, 0.6) is 0 Å². The van der Waals surface area contributed by atoms with E-state index >= 15 is 0 Å². The molecule has 3 rings (SSSR count). The second kappa shape index (κ2) is 6.07. The van der Waals surface area contributed by atoms with Crippen molar-refractivity contribution in [3.05, 3.63) is 83.3 Å². The van der Waals surface area contributed by atoms with Crippen LogP contribution in [0.25, 0.3) is 11.1 Å². The van der Waals surface area contributed by atoms with E-state index in [1.54, 1.807) is 36.4 Å². The number of hydrogen-bond acceptors (Lipinski definition) is 2. The molecule has 4 heteroatoms. The van der Waals surface area contributed by atoms with Crippen LogP contribution in [0.15, 0.2) is 93.1 Å². The molecule has 3 aromatic rings. The maximum Gasteiger partial charge on any atom is 0.206 e. The minimum Gasteiger partial charge on any atom is -0.219 e. The highest BCUT2D eigenvalue weighted by molar-refractivity contribution is 9.10. The van der Waals surface area contributed by atoms with Gasteiger partial charge in [0.2, 0.25) is 9.84 Å². The Labute approximate surface area is 138 Å². The van der Waals surface area contributed by atoms with E-state index in [-0.39, 0.29) is 0 Å². The first-order valence-electron chi connectivity index (χ1n) is 6.73. The molecule has 0 N–H and O–H groups in total. The Kier molecular flexibility index (Phi) is 4.14.